The second kappa shape index (κ2) is 5.88. The van der Waals surface area contributed by atoms with Gasteiger partial charge in [-0.25, -0.2) is 0 Å². The van der Waals surface area contributed by atoms with Crippen molar-refractivity contribution in [3.8, 4) is 5.75 Å². The molecule has 1 aromatic carbocycles. The molecule has 1 saturated carbocycles. The van der Waals surface area contributed by atoms with Gasteiger partial charge < -0.3 is 15.2 Å². The van der Waals surface area contributed by atoms with Crippen LogP contribution in [0.15, 0.2) is 18.2 Å². The van der Waals surface area contributed by atoms with Gasteiger partial charge in [0.15, 0.2) is 0 Å². The molecule has 0 aliphatic heterocycles. The lowest BCUT2D eigenvalue weighted by molar-refractivity contribution is -0.00863. The zero-order chi connectivity index (χ0) is 13.1. The molecule has 18 heavy (non-hydrogen) atoms. The van der Waals surface area contributed by atoms with Crippen LogP contribution < -0.4 is 5.32 Å². The molecule has 1 aliphatic rings. The van der Waals surface area contributed by atoms with Crippen LogP contribution in [0.4, 0.5) is 0 Å². The van der Waals surface area contributed by atoms with Crippen LogP contribution in [0.25, 0.3) is 0 Å². The Bertz CT molecular complexity index is 444. The molecule has 0 saturated heterocycles. The van der Waals surface area contributed by atoms with Crippen molar-refractivity contribution >= 4 is 28.5 Å². The minimum Gasteiger partial charge on any atom is -0.507 e. The van der Waals surface area contributed by atoms with Gasteiger partial charge in [-0.2, -0.15) is 0 Å². The van der Waals surface area contributed by atoms with E-state index in [-0.39, 0.29) is 23.8 Å². The third-order valence-corrected chi connectivity index (χ3v) is 3.71. The number of halogens is 1. The Morgan fingerprint density at radius 1 is 1.56 bits per heavy atom. The first-order valence-corrected chi connectivity index (χ1v) is 7.09. The Balaban J connectivity index is 1.91. The Kier molecular flexibility index (Phi) is 4.45. The second-order valence-electron chi connectivity index (χ2n) is 4.38. The standard InChI is InChI=1S/C13H16INO3/c1-2-18-10-6-9(7-10)15-13(17)11-5-8(14)3-4-12(11)16/h3-5,9-10,16H,2,6-7H2,1H3,(H,15,17). The summed E-state index contributed by atoms with van der Waals surface area (Å²) in [5.41, 5.74) is 0.335. The van der Waals surface area contributed by atoms with Crippen molar-refractivity contribution in [2.24, 2.45) is 0 Å². The number of carbonyl (C=O) groups excluding carboxylic acids is 1. The van der Waals surface area contributed by atoms with Gasteiger partial charge in [0.1, 0.15) is 5.75 Å². The quantitative estimate of drug-likeness (QED) is 0.810. The van der Waals surface area contributed by atoms with Gasteiger partial charge in [0.2, 0.25) is 0 Å². The lowest BCUT2D eigenvalue weighted by atomic mass is 9.89. The van der Waals surface area contributed by atoms with Gasteiger partial charge in [0.05, 0.1) is 11.7 Å². The molecule has 1 aromatic rings. The molecule has 0 aromatic heterocycles. The number of hydrogen-bond acceptors (Lipinski definition) is 3. The zero-order valence-corrected chi connectivity index (χ0v) is 12.3. The highest BCUT2D eigenvalue weighted by molar-refractivity contribution is 14.1. The van der Waals surface area contributed by atoms with Gasteiger partial charge in [0, 0.05) is 16.2 Å². The summed E-state index contributed by atoms with van der Waals surface area (Å²) in [6.07, 6.45) is 1.97. The molecule has 1 aliphatic carbocycles. The molecule has 4 nitrogen and oxygen atoms in total. The molecular formula is C13H16INO3. The van der Waals surface area contributed by atoms with Crippen molar-refractivity contribution in [3.63, 3.8) is 0 Å². The summed E-state index contributed by atoms with van der Waals surface area (Å²) in [6.45, 7) is 2.68. The van der Waals surface area contributed by atoms with Crippen LogP contribution in [0.1, 0.15) is 30.1 Å². The van der Waals surface area contributed by atoms with E-state index in [9.17, 15) is 9.90 Å². The molecule has 2 N–H and O–H groups in total. The average Bonchev–Trinajstić information content (AvgIpc) is 2.29. The largest absolute Gasteiger partial charge is 0.507 e. The molecular weight excluding hydrogens is 345 g/mol. The number of carbonyl (C=O) groups is 1. The molecule has 5 heteroatoms. The van der Waals surface area contributed by atoms with E-state index in [0.717, 1.165) is 16.4 Å². The number of rotatable bonds is 4. The molecule has 0 heterocycles. The number of nitrogens with one attached hydrogen (secondary N) is 1. The summed E-state index contributed by atoms with van der Waals surface area (Å²) in [5, 5.41) is 12.6. The fourth-order valence-electron chi connectivity index (χ4n) is 2.01. The lowest BCUT2D eigenvalue weighted by Crippen LogP contribution is -2.47. The van der Waals surface area contributed by atoms with Gasteiger partial charge in [-0.1, -0.05) is 0 Å². The SMILES string of the molecule is CCOC1CC(NC(=O)c2cc(I)ccc2O)C1. The first-order valence-electron chi connectivity index (χ1n) is 6.01. The number of aromatic hydroxyl groups is 1. The molecule has 0 atom stereocenters. The van der Waals surface area contributed by atoms with Gasteiger partial charge in [-0.05, 0) is 60.6 Å². The smallest absolute Gasteiger partial charge is 0.255 e. The van der Waals surface area contributed by atoms with E-state index in [1.807, 2.05) is 6.92 Å². The van der Waals surface area contributed by atoms with Crippen molar-refractivity contribution < 1.29 is 14.6 Å². The highest BCUT2D eigenvalue weighted by atomic mass is 127. The normalized spacial score (nSPS) is 22.3. The first kappa shape index (κ1) is 13.6. The molecule has 0 unspecified atom stereocenters. The van der Waals surface area contributed by atoms with Crippen molar-refractivity contribution in [2.75, 3.05) is 6.61 Å². The van der Waals surface area contributed by atoms with E-state index in [1.165, 1.54) is 0 Å². The van der Waals surface area contributed by atoms with Crippen LogP contribution in [-0.2, 0) is 4.74 Å². The van der Waals surface area contributed by atoms with Crippen molar-refractivity contribution in [3.05, 3.63) is 27.3 Å². The zero-order valence-electron chi connectivity index (χ0n) is 10.1. The van der Waals surface area contributed by atoms with Crippen LogP contribution in [0.3, 0.4) is 0 Å². The minimum absolute atomic E-state index is 0.0218. The number of benzene rings is 1. The van der Waals surface area contributed by atoms with Crippen molar-refractivity contribution in [1.82, 2.24) is 5.32 Å². The topological polar surface area (TPSA) is 58.6 Å². The highest BCUT2D eigenvalue weighted by Crippen LogP contribution is 2.25. The third-order valence-electron chi connectivity index (χ3n) is 3.04. The third kappa shape index (κ3) is 3.14. The maximum atomic E-state index is 12.0. The highest BCUT2D eigenvalue weighted by Gasteiger charge is 2.31. The van der Waals surface area contributed by atoms with Gasteiger partial charge >= 0.3 is 0 Å². The maximum absolute atomic E-state index is 12.0. The molecule has 0 radical (unpaired) electrons. The number of phenolic OH excluding ortho intramolecular Hbond substituents is 1. The Labute approximate surface area is 120 Å². The summed E-state index contributed by atoms with van der Waals surface area (Å²) >= 11 is 2.12. The van der Waals surface area contributed by atoms with Crippen LogP contribution in [0.5, 0.6) is 5.75 Å². The van der Waals surface area contributed by atoms with Crippen molar-refractivity contribution in [2.45, 2.75) is 31.9 Å². The van der Waals surface area contributed by atoms with E-state index >= 15 is 0 Å². The first-order chi connectivity index (χ1) is 8.60. The lowest BCUT2D eigenvalue weighted by Gasteiger charge is -2.35. The number of phenols is 1. The molecule has 0 spiro atoms. The van der Waals surface area contributed by atoms with Crippen LogP contribution in [0.2, 0.25) is 0 Å². The van der Waals surface area contributed by atoms with Crippen LogP contribution in [0, 0.1) is 3.57 Å². The van der Waals surface area contributed by atoms with Crippen molar-refractivity contribution in [1.29, 1.82) is 0 Å². The van der Waals surface area contributed by atoms with E-state index in [2.05, 4.69) is 27.9 Å². The minimum atomic E-state index is -0.217. The summed E-state index contributed by atoms with van der Waals surface area (Å²) in [7, 11) is 0. The van der Waals surface area contributed by atoms with Crippen LogP contribution in [-0.4, -0.2) is 29.8 Å². The van der Waals surface area contributed by atoms with Crippen LogP contribution >= 0.6 is 22.6 Å². The fraction of sp³-hybridized carbons (Fsp3) is 0.462. The van der Waals surface area contributed by atoms with Gasteiger partial charge in [-0.3, -0.25) is 4.79 Å². The van der Waals surface area contributed by atoms with E-state index in [4.69, 9.17) is 4.74 Å². The van der Waals surface area contributed by atoms with E-state index in [0.29, 0.717) is 12.2 Å². The number of amides is 1. The van der Waals surface area contributed by atoms with Gasteiger partial charge in [-0.15, -0.1) is 0 Å². The van der Waals surface area contributed by atoms with E-state index < -0.39 is 0 Å². The molecule has 1 fully saturated rings. The predicted molar refractivity (Wildman–Crippen MR) is 76.7 cm³/mol. The summed E-state index contributed by atoms with van der Waals surface area (Å²) in [5.74, 6) is -0.195. The Hall–Kier alpha value is -0.820. The molecule has 2 rings (SSSR count). The predicted octanol–water partition coefficient (Wildman–Crippen LogP) is 2.29. The molecule has 98 valence electrons. The molecule has 0 bridgehead atoms. The fourth-order valence-corrected chi connectivity index (χ4v) is 2.50. The summed E-state index contributed by atoms with van der Waals surface area (Å²) < 4.78 is 6.36. The second-order valence-corrected chi connectivity index (χ2v) is 5.63. The average molecular weight is 361 g/mol. The number of hydrogen-bond donors (Lipinski definition) is 2. The Morgan fingerprint density at radius 2 is 2.28 bits per heavy atom. The summed E-state index contributed by atoms with van der Waals surface area (Å²) in [4.78, 5) is 12.0. The van der Waals surface area contributed by atoms with E-state index in [1.54, 1.807) is 18.2 Å². The van der Waals surface area contributed by atoms with Gasteiger partial charge in [0.25, 0.3) is 5.91 Å². The number of ether oxygens (including phenoxy) is 1. The molecule has 1 amide bonds. The Morgan fingerprint density at radius 3 is 2.94 bits per heavy atom. The monoisotopic (exact) mass is 361 g/mol. The summed E-state index contributed by atoms with van der Waals surface area (Å²) in [6, 6.07) is 5.15. The maximum Gasteiger partial charge on any atom is 0.255 e.